The minimum atomic E-state index is -0.0742. The van der Waals surface area contributed by atoms with Gasteiger partial charge in [-0.15, -0.1) is 5.10 Å². The fraction of sp³-hybridized carbons (Fsp3) is 0.333. The summed E-state index contributed by atoms with van der Waals surface area (Å²) in [7, 11) is 0. The van der Waals surface area contributed by atoms with Crippen LogP contribution in [0.2, 0.25) is 0 Å². The summed E-state index contributed by atoms with van der Waals surface area (Å²) < 4.78 is 6.99. The molecule has 1 aliphatic carbocycles. The summed E-state index contributed by atoms with van der Waals surface area (Å²) in [5, 5.41) is 4.47. The summed E-state index contributed by atoms with van der Waals surface area (Å²) in [5.74, 6) is 1.68. The molecule has 0 fully saturated rings. The van der Waals surface area contributed by atoms with Crippen molar-refractivity contribution in [2.24, 2.45) is 5.41 Å². The highest BCUT2D eigenvalue weighted by Crippen LogP contribution is 2.34. The van der Waals surface area contributed by atoms with Crippen LogP contribution in [0.4, 0.5) is 0 Å². The van der Waals surface area contributed by atoms with Crippen LogP contribution in [0.15, 0.2) is 29.0 Å². The second-order valence-electron chi connectivity index (χ2n) is 6.18. The molecule has 0 unspecified atom stereocenters. The molecule has 0 N–H and O–H groups in total. The van der Waals surface area contributed by atoms with Crippen LogP contribution in [0.3, 0.4) is 0 Å². The molecule has 0 saturated heterocycles. The smallest absolute Gasteiger partial charge is 0.253 e. The van der Waals surface area contributed by atoms with Gasteiger partial charge in [0, 0.05) is 12.6 Å². The number of Topliss-reactive ketones (excluding diaryl/α,β-unsaturated/α-hetero) is 1. The molecular weight excluding hydrogens is 268 g/mol. The maximum Gasteiger partial charge on any atom is 0.253 e. The molecule has 0 atom stereocenters. The molecule has 6 nitrogen and oxygen atoms in total. The number of hydrogen-bond donors (Lipinski definition) is 0. The van der Waals surface area contributed by atoms with Crippen molar-refractivity contribution in [3.8, 4) is 11.6 Å². The van der Waals surface area contributed by atoms with Crippen molar-refractivity contribution in [3.05, 3.63) is 35.9 Å². The number of ketones is 1. The van der Waals surface area contributed by atoms with Crippen molar-refractivity contribution >= 4 is 11.6 Å². The van der Waals surface area contributed by atoms with Crippen molar-refractivity contribution in [1.29, 1.82) is 0 Å². The van der Waals surface area contributed by atoms with E-state index in [4.69, 9.17) is 4.42 Å². The lowest BCUT2D eigenvalue weighted by atomic mass is 9.76. The van der Waals surface area contributed by atoms with Crippen LogP contribution in [0, 0.1) is 5.41 Å². The first-order valence-corrected chi connectivity index (χ1v) is 6.85. The zero-order valence-electron chi connectivity index (χ0n) is 11.8. The van der Waals surface area contributed by atoms with Crippen LogP contribution in [0.25, 0.3) is 17.4 Å². The van der Waals surface area contributed by atoms with Crippen LogP contribution in [0.5, 0.6) is 0 Å². The van der Waals surface area contributed by atoms with Crippen LogP contribution < -0.4 is 0 Å². The van der Waals surface area contributed by atoms with Crippen LogP contribution in [-0.2, 0) is 6.42 Å². The van der Waals surface area contributed by atoms with Crippen LogP contribution in [-0.4, -0.2) is 25.4 Å². The molecule has 0 bridgehead atoms. The molecule has 4 rings (SSSR count). The van der Waals surface area contributed by atoms with E-state index >= 15 is 0 Å². The number of furan rings is 1. The highest BCUT2D eigenvalue weighted by molar-refractivity contribution is 5.98. The van der Waals surface area contributed by atoms with E-state index in [1.165, 1.54) is 0 Å². The molecule has 1 aliphatic rings. The van der Waals surface area contributed by atoms with E-state index in [0.717, 1.165) is 12.1 Å². The summed E-state index contributed by atoms with van der Waals surface area (Å²) >= 11 is 0. The van der Waals surface area contributed by atoms with Gasteiger partial charge in [0.25, 0.3) is 5.78 Å². The van der Waals surface area contributed by atoms with Crippen molar-refractivity contribution < 1.29 is 9.21 Å². The largest absolute Gasteiger partial charge is 0.461 e. The quantitative estimate of drug-likeness (QED) is 0.685. The van der Waals surface area contributed by atoms with E-state index in [1.807, 2.05) is 0 Å². The molecular formula is C15H14N4O2. The lowest BCUT2D eigenvalue weighted by Gasteiger charge is -2.29. The number of nitrogens with zero attached hydrogens (tertiary/aromatic N) is 4. The summed E-state index contributed by atoms with van der Waals surface area (Å²) in [5.41, 5.74) is 1.46. The molecule has 0 radical (unpaired) electrons. The fourth-order valence-corrected chi connectivity index (χ4v) is 2.84. The first kappa shape index (κ1) is 12.3. The van der Waals surface area contributed by atoms with Gasteiger partial charge < -0.3 is 4.42 Å². The van der Waals surface area contributed by atoms with Gasteiger partial charge in [-0.1, -0.05) is 13.8 Å². The summed E-state index contributed by atoms with van der Waals surface area (Å²) in [6.45, 7) is 4.18. The molecule has 21 heavy (non-hydrogen) atoms. The molecule has 0 spiro atoms. The van der Waals surface area contributed by atoms with Crippen molar-refractivity contribution in [1.82, 2.24) is 19.6 Å². The molecule has 3 aromatic heterocycles. The maximum absolute atomic E-state index is 12.3. The summed E-state index contributed by atoms with van der Waals surface area (Å²) in [4.78, 5) is 20.9. The minimum Gasteiger partial charge on any atom is -0.461 e. The van der Waals surface area contributed by atoms with E-state index in [0.29, 0.717) is 29.3 Å². The van der Waals surface area contributed by atoms with Gasteiger partial charge in [0.15, 0.2) is 11.5 Å². The number of fused-ring (bicyclic) bond motifs is 3. The van der Waals surface area contributed by atoms with Gasteiger partial charge in [0.2, 0.25) is 5.82 Å². The van der Waals surface area contributed by atoms with Gasteiger partial charge >= 0.3 is 0 Å². The number of aromatic nitrogens is 4. The second kappa shape index (κ2) is 4.00. The Morgan fingerprint density at radius 2 is 2.19 bits per heavy atom. The number of carbonyl (C=O) groups excluding carboxylic acids is 1. The number of hydrogen-bond acceptors (Lipinski definition) is 5. The van der Waals surface area contributed by atoms with Crippen LogP contribution >= 0.6 is 0 Å². The Morgan fingerprint density at radius 1 is 1.33 bits per heavy atom. The Labute approximate surface area is 120 Å². The maximum atomic E-state index is 12.3. The molecule has 0 amide bonds. The zero-order chi connectivity index (χ0) is 14.6. The van der Waals surface area contributed by atoms with Gasteiger partial charge in [-0.3, -0.25) is 4.79 Å². The predicted octanol–water partition coefficient (Wildman–Crippen LogP) is 2.54. The van der Waals surface area contributed by atoms with Crippen molar-refractivity contribution in [2.45, 2.75) is 26.7 Å². The Morgan fingerprint density at radius 3 is 2.95 bits per heavy atom. The topological polar surface area (TPSA) is 73.3 Å². The third kappa shape index (κ3) is 1.86. The molecule has 106 valence electrons. The molecule has 3 aromatic rings. The lowest BCUT2D eigenvalue weighted by Crippen LogP contribution is -2.29. The first-order chi connectivity index (χ1) is 10.0. The van der Waals surface area contributed by atoms with E-state index in [9.17, 15) is 4.79 Å². The average Bonchev–Trinajstić information content (AvgIpc) is 3.06. The second-order valence-corrected chi connectivity index (χ2v) is 6.18. The van der Waals surface area contributed by atoms with Gasteiger partial charge in [-0.05, 0) is 24.0 Å². The van der Waals surface area contributed by atoms with E-state index in [2.05, 4.69) is 28.9 Å². The summed E-state index contributed by atoms with van der Waals surface area (Å²) in [6.07, 6.45) is 4.50. The van der Waals surface area contributed by atoms with Gasteiger partial charge in [-0.2, -0.15) is 9.50 Å². The molecule has 0 aliphatic heterocycles. The highest BCUT2D eigenvalue weighted by Gasteiger charge is 2.33. The molecule has 6 heteroatoms. The van der Waals surface area contributed by atoms with Crippen LogP contribution in [0.1, 0.15) is 36.3 Å². The zero-order valence-corrected chi connectivity index (χ0v) is 11.8. The standard InChI is InChI=1S/C15H14N4O2/c1-15(2)6-10-9(11(20)7-15)8-16-14-17-13(18-19(10)14)12-4-3-5-21-12/h3-5,8H,6-7H2,1-2H3. The monoisotopic (exact) mass is 282 g/mol. The molecule has 0 aromatic carbocycles. The fourth-order valence-electron chi connectivity index (χ4n) is 2.84. The van der Waals surface area contributed by atoms with Crippen molar-refractivity contribution in [2.75, 3.05) is 0 Å². The number of carbonyl (C=O) groups is 1. The highest BCUT2D eigenvalue weighted by atomic mass is 16.3. The van der Waals surface area contributed by atoms with E-state index in [-0.39, 0.29) is 11.2 Å². The third-order valence-electron chi connectivity index (χ3n) is 3.79. The molecule has 3 heterocycles. The van der Waals surface area contributed by atoms with Gasteiger partial charge in [-0.25, -0.2) is 4.98 Å². The third-order valence-corrected chi connectivity index (χ3v) is 3.79. The van der Waals surface area contributed by atoms with Crippen molar-refractivity contribution in [3.63, 3.8) is 0 Å². The number of rotatable bonds is 1. The Balaban J connectivity index is 1.95. The predicted molar refractivity (Wildman–Crippen MR) is 74.9 cm³/mol. The van der Waals surface area contributed by atoms with Gasteiger partial charge in [0.1, 0.15) is 0 Å². The Hall–Kier alpha value is -2.50. The lowest BCUT2D eigenvalue weighted by molar-refractivity contribution is 0.0908. The summed E-state index contributed by atoms with van der Waals surface area (Å²) in [6, 6.07) is 3.59. The first-order valence-electron chi connectivity index (χ1n) is 6.85. The van der Waals surface area contributed by atoms with Gasteiger partial charge in [0.05, 0.1) is 17.5 Å². The Kier molecular flexibility index (Phi) is 2.34. The average molecular weight is 282 g/mol. The molecule has 0 saturated carbocycles. The van der Waals surface area contributed by atoms with E-state index < -0.39 is 0 Å². The SMILES string of the molecule is CC1(C)CC(=O)c2cnc3nc(-c4ccco4)nn3c2C1. The normalized spacial score (nSPS) is 17.1. The minimum absolute atomic E-state index is 0.0742. The van der Waals surface area contributed by atoms with E-state index in [1.54, 1.807) is 29.1 Å². The Bertz CT molecular complexity index is 846.